The first-order valence-electron chi connectivity index (χ1n) is 8.96. The molecule has 2 aromatic carbocycles. The number of carbonyl (C=O) groups excluding carboxylic acids is 2. The maximum Gasteiger partial charge on any atom is 0.223 e. The van der Waals surface area contributed by atoms with Crippen molar-refractivity contribution in [3.05, 3.63) is 59.7 Å². The fourth-order valence-electron chi connectivity index (χ4n) is 2.74. The summed E-state index contributed by atoms with van der Waals surface area (Å²) in [5.41, 5.74) is 11.5. The summed E-state index contributed by atoms with van der Waals surface area (Å²) in [5, 5.41) is 0. The van der Waals surface area contributed by atoms with Gasteiger partial charge < -0.3 is 16.2 Å². The average molecular weight is 368 g/mol. The van der Waals surface area contributed by atoms with E-state index in [4.69, 9.17) is 16.2 Å². The van der Waals surface area contributed by atoms with Gasteiger partial charge in [0.2, 0.25) is 11.8 Å². The van der Waals surface area contributed by atoms with Crippen molar-refractivity contribution < 1.29 is 14.3 Å². The van der Waals surface area contributed by atoms with Crippen LogP contribution in [0.1, 0.15) is 38.8 Å². The second-order valence-electron chi connectivity index (χ2n) is 8.17. The van der Waals surface area contributed by atoms with Gasteiger partial charge in [-0.25, -0.2) is 0 Å². The Balaban J connectivity index is 2.34. The van der Waals surface area contributed by atoms with Crippen LogP contribution >= 0.6 is 0 Å². The average Bonchev–Trinajstić information content (AvgIpc) is 2.57. The van der Waals surface area contributed by atoms with Crippen molar-refractivity contribution in [3.63, 3.8) is 0 Å². The molecule has 0 aliphatic heterocycles. The highest BCUT2D eigenvalue weighted by Gasteiger charge is 2.28. The monoisotopic (exact) mass is 368 g/mol. The molecule has 5 nitrogen and oxygen atoms in total. The van der Waals surface area contributed by atoms with Gasteiger partial charge in [-0.1, -0.05) is 64.1 Å². The minimum atomic E-state index is -0.688. The minimum Gasteiger partial charge on any atom is -0.457 e. The molecule has 5 heteroatoms. The maximum atomic E-state index is 11.7. The zero-order valence-corrected chi connectivity index (χ0v) is 16.4. The van der Waals surface area contributed by atoms with Crippen LogP contribution in [0.25, 0.3) is 0 Å². The summed E-state index contributed by atoms with van der Waals surface area (Å²) in [4.78, 5) is 23.4. The summed E-state index contributed by atoms with van der Waals surface area (Å²) in [6, 6.07) is 15.2. The van der Waals surface area contributed by atoms with E-state index in [1.807, 2.05) is 76.2 Å². The molecule has 0 saturated carbocycles. The Morgan fingerprint density at radius 3 is 1.41 bits per heavy atom. The summed E-state index contributed by atoms with van der Waals surface area (Å²) >= 11 is 0. The lowest BCUT2D eigenvalue weighted by atomic mass is 9.84. The summed E-state index contributed by atoms with van der Waals surface area (Å²) in [6.07, 6.45) is 0.931. The normalized spacial score (nSPS) is 11.9. The van der Waals surface area contributed by atoms with Gasteiger partial charge in [-0.2, -0.15) is 0 Å². The van der Waals surface area contributed by atoms with Crippen molar-refractivity contribution in [1.29, 1.82) is 0 Å². The van der Waals surface area contributed by atoms with Crippen LogP contribution in [0.4, 0.5) is 0 Å². The van der Waals surface area contributed by atoms with Crippen LogP contribution in [0.15, 0.2) is 48.5 Å². The Morgan fingerprint density at radius 2 is 1.07 bits per heavy atom. The fraction of sp³-hybridized carbons (Fsp3) is 0.364. The van der Waals surface area contributed by atoms with E-state index in [1.165, 1.54) is 0 Å². The Labute approximate surface area is 160 Å². The van der Waals surface area contributed by atoms with Gasteiger partial charge in [-0.3, -0.25) is 9.59 Å². The summed E-state index contributed by atoms with van der Waals surface area (Å²) in [6.45, 7) is 7.26. The second kappa shape index (κ2) is 7.82. The van der Waals surface area contributed by atoms with E-state index < -0.39 is 10.8 Å². The Morgan fingerprint density at radius 1 is 0.741 bits per heavy atom. The van der Waals surface area contributed by atoms with Gasteiger partial charge in [-0.15, -0.1) is 0 Å². The molecule has 0 atom stereocenters. The topological polar surface area (TPSA) is 95.4 Å². The molecule has 0 bridgehead atoms. The minimum absolute atomic E-state index is 0.360. The molecular formula is C22H28N2O3. The number of benzene rings is 2. The molecule has 144 valence electrons. The Hall–Kier alpha value is -2.82. The molecule has 0 radical (unpaired) electrons. The second-order valence-corrected chi connectivity index (χ2v) is 8.17. The zero-order chi connectivity index (χ0) is 20.2. The van der Waals surface area contributed by atoms with Gasteiger partial charge in [0.25, 0.3) is 0 Å². The molecule has 0 fully saturated rings. The van der Waals surface area contributed by atoms with E-state index in [-0.39, 0.29) is 11.8 Å². The number of hydrogen-bond donors (Lipinski definition) is 2. The van der Waals surface area contributed by atoms with Crippen LogP contribution in [-0.4, -0.2) is 11.8 Å². The first kappa shape index (κ1) is 20.5. The Bertz CT molecular complexity index is 771. The molecule has 2 rings (SSSR count). The molecular weight excluding hydrogens is 340 g/mol. The predicted molar refractivity (Wildman–Crippen MR) is 106 cm³/mol. The number of nitrogens with two attached hydrogens (primary N) is 2. The predicted octanol–water partition coefficient (Wildman–Crippen LogP) is 3.59. The van der Waals surface area contributed by atoms with Crippen molar-refractivity contribution in [2.75, 3.05) is 0 Å². The molecule has 4 N–H and O–H groups in total. The first-order chi connectivity index (χ1) is 12.5. The van der Waals surface area contributed by atoms with E-state index in [9.17, 15) is 9.59 Å². The molecule has 2 aromatic rings. The van der Waals surface area contributed by atoms with Gasteiger partial charge in [0.05, 0.1) is 0 Å². The standard InChI is InChI=1S/C22H28N2O3/c1-21(2,19(23)25)13-15-9-5-7-11-17(15)27-18-12-8-6-10-16(18)14-22(3,4)20(24)26/h5-12H,13-14H2,1-4H3,(H2,23,25)(H2,24,26). The summed E-state index contributed by atoms with van der Waals surface area (Å²) < 4.78 is 6.19. The van der Waals surface area contributed by atoms with Gasteiger partial charge in [0.15, 0.2) is 0 Å². The number of primary amides is 2. The maximum absolute atomic E-state index is 11.7. The summed E-state index contributed by atoms with van der Waals surface area (Å²) in [5.74, 6) is 0.606. The number of ether oxygens (including phenoxy) is 1. The van der Waals surface area contributed by atoms with E-state index in [0.29, 0.717) is 24.3 Å². The van der Waals surface area contributed by atoms with E-state index in [2.05, 4.69) is 0 Å². The lowest BCUT2D eigenvalue weighted by Crippen LogP contribution is -2.33. The zero-order valence-electron chi connectivity index (χ0n) is 16.4. The molecule has 0 heterocycles. The molecule has 2 amide bonds. The van der Waals surface area contributed by atoms with E-state index >= 15 is 0 Å². The highest BCUT2D eigenvalue weighted by atomic mass is 16.5. The van der Waals surface area contributed by atoms with Crippen molar-refractivity contribution in [2.24, 2.45) is 22.3 Å². The third kappa shape index (κ3) is 5.09. The van der Waals surface area contributed by atoms with Crippen LogP contribution in [0.5, 0.6) is 11.5 Å². The number of carbonyl (C=O) groups is 2. The highest BCUT2D eigenvalue weighted by molar-refractivity contribution is 5.81. The van der Waals surface area contributed by atoms with Crippen molar-refractivity contribution >= 4 is 11.8 Å². The van der Waals surface area contributed by atoms with Crippen molar-refractivity contribution in [1.82, 2.24) is 0 Å². The largest absolute Gasteiger partial charge is 0.457 e. The Kier molecular flexibility index (Phi) is 5.94. The third-order valence-corrected chi connectivity index (χ3v) is 4.76. The molecule has 0 saturated heterocycles. The van der Waals surface area contributed by atoms with Crippen LogP contribution in [0.2, 0.25) is 0 Å². The number of para-hydroxylation sites is 2. The van der Waals surface area contributed by atoms with Crippen molar-refractivity contribution in [3.8, 4) is 11.5 Å². The quantitative estimate of drug-likeness (QED) is 0.745. The molecule has 0 spiro atoms. The molecule has 0 aromatic heterocycles. The molecule has 0 aliphatic rings. The number of rotatable bonds is 8. The van der Waals surface area contributed by atoms with E-state index in [0.717, 1.165) is 11.1 Å². The fourth-order valence-corrected chi connectivity index (χ4v) is 2.74. The van der Waals surface area contributed by atoms with Crippen LogP contribution in [0.3, 0.4) is 0 Å². The van der Waals surface area contributed by atoms with Gasteiger partial charge >= 0.3 is 0 Å². The number of amides is 2. The van der Waals surface area contributed by atoms with Gasteiger partial charge in [-0.05, 0) is 36.1 Å². The van der Waals surface area contributed by atoms with Crippen molar-refractivity contribution in [2.45, 2.75) is 40.5 Å². The summed E-state index contributed by atoms with van der Waals surface area (Å²) in [7, 11) is 0. The molecule has 0 aliphatic carbocycles. The highest BCUT2D eigenvalue weighted by Crippen LogP contribution is 2.34. The lowest BCUT2D eigenvalue weighted by Gasteiger charge is -2.24. The van der Waals surface area contributed by atoms with Crippen LogP contribution in [-0.2, 0) is 22.4 Å². The SMILES string of the molecule is CC(C)(Cc1ccccc1Oc1ccccc1CC(C)(C)C(N)=O)C(N)=O. The molecule has 0 unspecified atom stereocenters. The van der Waals surface area contributed by atoms with Crippen LogP contribution < -0.4 is 16.2 Å². The first-order valence-corrected chi connectivity index (χ1v) is 8.96. The molecule has 27 heavy (non-hydrogen) atoms. The van der Waals surface area contributed by atoms with E-state index in [1.54, 1.807) is 0 Å². The van der Waals surface area contributed by atoms with Gasteiger partial charge in [0, 0.05) is 10.8 Å². The van der Waals surface area contributed by atoms with Gasteiger partial charge in [0.1, 0.15) is 11.5 Å². The smallest absolute Gasteiger partial charge is 0.223 e. The van der Waals surface area contributed by atoms with Crippen LogP contribution in [0, 0.1) is 10.8 Å². The lowest BCUT2D eigenvalue weighted by molar-refractivity contribution is -0.126. The number of hydrogen-bond acceptors (Lipinski definition) is 3. The third-order valence-electron chi connectivity index (χ3n) is 4.76.